The minimum Gasteiger partial charge on any atom is -0.396 e. The van der Waals surface area contributed by atoms with Crippen LogP contribution in [0.2, 0.25) is 0 Å². The molecule has 0 aliphatic carbocycles. The molecule has 0 aromatic heterocycles. The molecule has 0 aliphatic heterocycles. The van der Waals surface area contributed by atoms with Crippen LogP contribution in [0.1, 0.15) is 11.1 Å². The fourth-order valence-electron chi connectivity index (χ4n) is 3.98. The minimum atomic E-state index is -1.86. The predicted octanol–water partition coefficient (Wildman–Crippen LogP) is 4.72. The molecular formula is C27H26OP+. The molecule has 0 aliphatic rings. The van der Waals surface area contributed by atoms with Crippen LogP contribution in [-0.4, -0.2) is 11.7 Å². The molecule has 1 nitrogen and oxygen atoms in total. The van der Waals surface area contributed by atoms with Crippen molar-refractivity contribution in [3.05, 3.63) is 126 Å². The summed E-state index contributed by atoms with van der Waals surface area (Å²) in [5.41, 5.74) is 2.51. The summed E-state index contributed by atoms with van der Waals surface area (Å²) in [5.74, 6) is 0. The number of hydrogen-bond donors (Lipinski definition) is 1. The molecule has 0 bridgehead atoms. The summed E-state index contributed by atoms with van der Waals surface area (Å²) < 4.78 is 0. The summed E-state index contributed by atoms with van der Waals surface area (Å²) in [5, 5.41) is 13.4. The number of aliphatic hydroxyl groups is 1. The Labute approximate surface area is 174 Å². The highest BCUT2D eigenvalue weighted by Gasteiger charge is 2.45. The van der Waals surface area contributed by atoms with Crippen molar-refractivity contribution < 1.29 is 5.11 Å². The Morgan fingerprint density at radius 1 is 0.483 bits per heavy atom. The van der Waals surface area contributed by atoms with Crippen LogP contribution >= 0.6 is 7.26 Å². The molecule has 0 spiro atoms. The average molecular weight is 397 g/mol. The Morgan fingerprint density at radius 2 is 0.862 bits per heavy atom. The lowest BCUT2D eigenvalue weighted by molar-refractivity contribution is 0.299. The van der Waals surface area contributed by atoms with Gasteiger partial charge in [-0.2, -0.15) is 0 Å². The topological polar surface area (TPSA) is 20.2 Å². The zero-order chi connectivity index (χ0) is 19.9. The van der Waals surface area contributed by atoms with Crippen LogP contribution in [0.4, 0.5) is 0 Å². The van der Waals surface area contributed by atoms with E-state index in [9.17, 15) is 5.11 Å². The van der Waals surface area contributed by atoms with Gasteiger partial charge in [-0.1, -0.05) is 78.9 Å². The summed E-state index contributed by atoms with van der Waals surface area (Å²) >= 11 is 0. The number of rotatable bonds is 7. The molecular weight excluding hydrogens is 371 g/mol. The largest absolute Gasteiger partial charge is 0.396 e. The van der Waals surface area contributed by atoms with Crippen LogP contribution in [0.25, 0.3) is 0 Å². The fraction of sp³-hybridized carbons (Fsp3) is 0.111. The van der Waals surface area contributed by atoms with E-state index < -0.39 is 7.26 Å². The Balaban J connectivity index is 1.90. The maximum absolute atomic E-state index is 9.23. The first-order valence-corrected chi connectivity index (χ1v) is 12.0. The highest BCUT2D eigenvalue weighted by Crippen LogP contribution is 2.58. The quantitative estimate of drug-likeness (QED) is 0.448. The number of benzene rings is 4. The second-order valence-corrected chi connectivity index (χ2v) is 10.7. The van der Waals surface area contributed by atoms with Crippen LogP contribution in [-0.2, 0) is 12.6 Å². The van der Waals surface area contributed by atoms with E-state index in [0.717, 1.165) is 6.16 Å². The lowest BCUT2D eigenvalue weighted by Gasteiger charge is -2.28. The molecule has 0 fully saturated rings. The van der Waals surface area contributed by atoms with Gasteiger partial charge >= 0.3 is 0 Å². The number of hydrogen-bond acceptors (Lipinski definition) is 1. The van der Waals surface area contributed by atoms with Crippen molar-refractivity contribution in [2.75, 3.05) is 6.61 Å². The van der Waals surface area contributed by atoms with Gasteiger partial charge in [0, 0.05) is 6.61 Å². The van der Waals surface area contributed by atoms with Crippen molar-refractivity contribution >= 4 is 23.2 Å². The predicted molar refractivity (Wildman–Crippen MR) is 126 cm³/mol. The molecule has 0 atom stereocenters. The molecule has 0 heterocycles. The zero-order valence-corrected chi connectivity index (χ0v) is 17.4. The fourth-order valence-corrected chi connectivity index (χ4v) is 8.23. The van der Waals surface area contributed by atoms with Gasteiger partial charge in [-0.15, -0.1) is 0 Å². The Hall–Kier alpha value is -2.73. The van der Waals surface area contributed by atoms with E-state index in [-0.39, 0.29) is 6.61 Å². The summed E-state index contributed by atoms with van der Waals surface area (Å²) in [6, 6.07) is 41.7. The first kappa shape index (κ1) is 19.6. The molecule has 0 radical (unpaired) electrons. The first-order valence-electron chi connectivity index (χ1n) is 10.1. The standard InChI is InChI=1S/C27H26OP/c28-21-20-23-16-18-24(19-17-23)22-29(25-10-4-1-5-11-25,26-12-6-2-7-13-26)27-14-8-3-9-15-27/h1-19,28H,20-22H2/q+1. The van der Waals surface area contributed by atoms with Crippen molar-refractivity contribution in [1.82, 2.24) is 0 Å². The Bertz CT molecular complexity index is 916. The van der Waals surface area contributed by atoms with Crippen LogP contribution in [0.3, 0.4) is 0 Å². The van der Waals surface area contributed by atoms with Gasteiger partial charge in [-0.25, -0.2) is 0 Å². The summed E-state index contributed by atoms with van der Waals surface area (Å²) in [6.45, 7) is 0.189. The van der Waals surface area contributed by atoms with Crippen molar-refractivity contribution in [3.8, 4) is 0 Å². The van der Waals surface area contributed by atoms with E-state index in [1.54, 1.807) is 0 Å². The molecule has 0 saturated heterocycles. The molecule has 0 saturated carbocycles. The summed E-state index contributed by atoms with van der Waals surface area (Å²) in [7, 11) is -1.86. The maximum atomic E-state index is 9.23. The molecule has 0 amide bonds. The molecule has 144 valence electrons. The van der Waals surface area contributed by atoms with Crippen molar-refractivity contribution in [3.63, 3.8) is 0 Å². The van der Waals surface area contributed by atoms with Crippen molar-refractivity contribution in [2.24, 2.45) is 0 Å². The normalized spacial score (nSPS) is 11.3. The van der Waals surface area contributed by atoms with Gasteiger partial charge in [0.25, 0.3) is 0 Å². The maximum Gasteiger partial charge on any atom is 0.116 e. The Kier molecular flexibility index (Phi) is 6.20. The first-order chi connectivity index (χ1) is 14.3. The van der Waals surface area contributed by atoms with E-state index in [1.165, 1.54) is 27.0 Å². The van der Waals surface area contributed by atoms with Crippen LogP contribution in [0, 0.1) is 0 Å². The minimum absolute atomic E-state index is 0.189. The average Bonchev–Trinajstić information content (AvgIpc) is 2.80. The van der Waals surface area contributed by atoms with Gasteiger partial charge in [0.15, 0.2) is 0 Å². The van der Waals surface area contributed by atoms with E-state index in [0.29, 0.717) is 6.42 Å². The third-order valence-electron chi connectivity index (χ3n) is 5.43. The highest BCUT2D eigenvalue weighted by molar-refractivity contribution is 7.95. The van der Waals surface area contributed by atoms with Crippen LogP contribution in [0.5, 0.6) is 0 Å². The monoisotopic (exact) mass is 397 g/mol. The molecule has 4 aromatic rings. The van der Waals surface area contributed by atoms with E-state index in [2.05, 4.69) is 115 Å². The third-order valence-corrected chi connectivity index (χ3v) is 9.81. The highest BCUT2D eigenvalue weighted by atomic mass is 31.2. The lowest BCUT2D eigenvalue weighted by atomic mass is 10.1. The molecule has 0 unspecified atom stereocenters. The van der Waals surface area contributed by atoms with Gasteiger partial charge in [0.05, 0.1) is 6.16 Å². The molecule has 2 heteroatoms. The van der Waals surface area contributed by atoms with Gasteiger partial charge in [0.1, 0.15) is 23.2 Å². The second-order valence-electron chi connectivity index (χ2n) is 7.26. The molecule has 4 rings (SSSR count). The van der Waals surface area contributed by atoms with E-state index in [1.807, 2.05) is 0 Å². The lowest BCUT2D eigenvalue weighted by Crippen LogP contribution is -2.32. The van der Waals surface area contributed by atoms with Crippen LogP contribution in [0.15, 0.2) is 115 Å². The zero-order valence-electron chi connectivity index (χ0n) is 16.5. The van der Waals surface area contributed by atoms with Gasteiger partial charge in [0.2, 0.25) is 0 Å². The smallest absolute Gasteiger partial charge is 0.116 e. The van der Waals surface area contributed by atoms with Gasteiger partial charge in [-0.3, -0.25) is 0 Å². The molecule has 1 N–H and O–H groups in total. The molecule has 4 aromatic carbocycles. The van der Waals surface area contributed by atoms with Gasteiger partial charge < -0.3 is 5.11 Å². The van der Waals surface area contributed by atoms with Gasteiger partial charge in [-0.05, 0) is 53.9 Å². The number of aliphatic hydroxyl groups excluding tert-OH is 1. The second kappa shape index (κ2) is 9.18. The molecule has 29 heavy (non-hydrogen) atoms. The van der Waals surface area contributed by atoms with E-state index >= 15 is 0 Å². The summed E-state index contributed by atoms with van der Waals surface area (Å²) in [6.07, 6.45) is 1.68. The Morgan fingerprint density at radius 3 is 1.24 bits per heavy atom. The third kappa shape index (κ3) is 4.17. The van der Waals surface area contributed by atoms with E-state index in [4.69, 9.17) is 0 Å². The summed E-state index contributed by atoms with van der Waals surface area (Å²) in [4.78, 5) is 0. The van der Waals surface area contributed by atoms with Crippen LogP contribution < -0.4 is 15.9 Å². The SMILES string of the molecule is OCCc1ccc(C[P+](c2ccccc2)(c2ccccc2)c2ccccc2)cc1. The van der Waals surface area contributed by atoms with Crippen molar-refractivity contribution in [1.29, 1.82) is 0 Å². The van der Waals surface area contributed by atoms with Crippen molar-refractivity contribution in [2.45, 2.75) is 12.6 Å².